The quantitative estimate of drug-likeness (QED) is 0.772. The molecule has 9 heteroatoms. The third-order valence-electron chi connectivity index (χ3n) is 4.91. The van der Waals surface area contributed by atoms with Gasteiger partial charge in [0.25, 0.3) is 0 Å². The zero-order chi connectivity index (χ0) is 18.2. The summed E-state index contributed by atoms with van der Waals surface area (Å²) in [6.07, 6.45) is 3.22. The van der Waals surface area contributed by atoms with Crippen LogP contribution in [0.4, 0.5) is 0 Å². The third-order valence-corrected chi connectivity index (χ3v) is 6.22. The van der Waals surface area contributed by atoms with Gasteiger partial charge in [-0.25, -0.2) is 12.7 Å². The first-order chi connectivity index (χ1) is 11.7. The van der Waals surface area contributed by atoms with Crippen LogP contribution in [0.2, 0.25) is 0 Å². The van der Waals surface area contributed by atoms with Crippen LogP contribution in [0.1, 0.15) is 56.7 Å². The molecular weight excluding hydrogens is 344 g/mol. The van der Waals surface area contributed by atoms with Gasteiger partial charge in [-0.15, -0.1) is 0 Å². The van der Waals surface area contributed by atoms with Crippen LogP contribution in [0.15, 0.2) is 4.52 Å². The summed E-state index contributed by atoms with van der Waals surface area (Å²) in [6, 6.07) is 0. The van der Waals surface area contributed by atoms with Gasteiger partial charge in [-0.05, 0) is 18.8 Å². The Morgan fingerprint density at radius 2 is 1.88 bits per heavy atom. The van der Waals surface area contributed by atoms with Crippen LogP contribution < -0.4 is 0 Å². The number of hydrogen-bond acceptors (Lipinski definition) is 6. The van der Waals surface area contributed by atoms with E-state index in [4.69, 9.17) is 4.52 Å². The lowest BCUT2D eigenvalue weighted by molar-refractivity contribution is -0.136. The van der Waals surface area contributed by atoms with Gasteiger partial charge in [-0.3, -0.25) is 4.79 Å². The van der Waals surface area contributed by atoms with Gasteiger partial charge in [0.05, 0.1) is 12.2 Å². The molecule has 0 unspecified atom stereocenters. The normalized spacial score (nSPS) is 20.9. The lowest BCUT2D eigenvalue weighted by Crippen LogP contribution is -2.48. The van der Waals surface area contributed by atoms with Gasteiger partial charge < -0.3 is 9.42 Å². The Balaban J connectivity index is 1.52. The number of hydrogen-bond donors (Lipinski definition) is 0. The fourth-order valence-electron chi connectivity index (χ4n) is 3.34. The average Bonchev–Trinajstić information content (AvgIpc) is 2.93. The van der Waals surface area contributed by atoms with Crippen molar-refractivity contribution in [2.45, 2.75) is 44.9 Å². The molecule has 25 heavy (non-hydrogen) atoms. The van der Waals surface area contributed by atoms with Crippen molar-refractivity contribution in [3.8, 4) is 0 Å². The van der Waals surface area contributed by atoms with Crippen molar-refractivity contribution >= 4 is 15.9 Å². The summed E-state index contributed by atoms with van der Waals surface area (Å²) in [4.78, 5) is 18.3. The largest absolute Gasteiger partial charge is 0.341 e. The number of nitrogens with zero attached hydrogens (tertiary/aromatic N) is 4. The Bertz CT molecular complexity index is 716. The van der Waals surface area contributed by atoms with Crippen molar-refractivity contribution in [3.05, 3.63) is 11.7 Å². The Morgan fingerprint density at radius 1 is 1.24 bits per heavy atom. The van der Waals surface area contributed by atoms with E-state index >= 15 is 0 Å². The van der Waals surface area contributed by atoms with Crippen LogP contribution in [-0.4, -0.2) is 66.1 Å². The first-order valence-corrected chi connectivity index (χ1v) is 10.6. The Morgan fingerprint density at radius 3 is 2.44 bits per heavy atom. The molecule has 140 valence electrons. The molecule has 0 atom stereocenters. The molecule has 2 aliphatic heterocycles. The van der Waals surface area contributed by atoms with E-state index in [0.717, 1.165) is 0 Å². The minimum Gasteiger partial charge on any atom is -0.341 e. The predicted octanol–water partition coefficient (Wildman–Crippen LogP) is 1.18. The second-order valence-corrected chi connectivity index (χ2v) is 9.50. The van der Waals surface area contributed by atoms with E-state index in [1.807, 2.05) is 18.7 Å². The number of piperidine rings is 1. The second-order valence-electron chi connectivity index (χ2n) is 7.52. The van der Waals surface area contributed by atoms with E-state index in [1.54, 1.807) is 0 Å². The monoisotopic (exact) mass is 370 g/mol. The highest BCUT2D eigenvalue weighted by molar-refractivity contribution is 7.88. The molecule has 0 N–H and O–H groups in total. The minimum absolute atomic E-state index is 0.119. The molecule has 0 aliphatic carbocycles. The van der Waals surface area contributed by atoms with E-state index in [1.165, 1.54) is 10.6 Å². The van der Waals surface area contributed by atoms with Crippen molar-refractivity contribution in [2.24, 2.45) is 5.92 Å². The van der Waals surface area contributed by atoms with Gasteiger partial charge in [0, 0.05) is 38.5 Å². The molecule has 2 fully saturated rings. The third kappa shape index (κ3) is 4.20. The van der Waals surface area contributed by atoms with E-state index < -0.39 is 10.0 Å². The molecule has 2 aliphatic rings. The standard InChI is InChI=1S/C16H26N4O4S/c1-11(2)8-14(21)19-9-13(10-19)16-17-15(18-24-16)12-4-6-20(7-5-12)25(3,22)23/h11-13H,4-10H2,1-3H3. The fraction of sp³-hybridized carbons (Fsp3) is 0.812. The van der Waals surface area contributed by atoms with Crippen molar-refractivity contribution in [2.75, 3.05) is 32.4 Å². The smallest absolute Gasteiger partial charge is 0.233 e. The van der Waals surface area contributed by atoms with Gasteiger partial charge in [0.2, 0.25) is 21.8 Å². The van der Waals surface area contributed by atoms with E-state index in [0.29, 0.717) is 63.1 Å². The molecule has 8 nitrogen and oxygen atoms in total. The topological polar surface area (TPSA) is 96.6 Å². The molecule has 1 amide bonds. The van der Waals surface area contributed by atoms with Crippen molar-refractivity contribution < 1.29 is 17.7 Å². The van der Waals surface area contributed by atoms with Gasteiger partial charge >= 0.3 is 0 Å². The van der Waals surface area contributed by atoms with Crippen LogP contribution in [0.5, 0.6) is 0 Å². The summed E-state index contributed by atoms with van der Waals surface area (Å²) in [5, 5.41) is 4.09. The molecule has 0 saturated carbocycles. The van der Waals surface area contributed by atoms with Crippen LogP contribution in [0.25, 0.3) is 0 Å². The molecule has 0 spiro atoms. The maximum atomic E-state index is 12.0. The Labute approximate surface area is 148 Å². The summed E-state index contributed by atoms with van der Waals surface area (Å²) >= 11 is 0. The zero-order valence-corrected chi connectivity index (χ0v) is 15.8. The number of amides is 1. The van der Waals surface area contributed by atoms with Crippen molar-refractivity contribution in [1.82, 2.24) is 19.3 Å². The minimum atomic E-state index is -3.13. The lowest BCUT2D eigenvalue weighted by atomic mass is 9.96. The maximum absolute atomic E-state index is 12.0. The van der Waals surface area contributed by atoms with E-state index in [9.17, 15) is 13.2 Å². The number of aromatic nitrogens is 2. The molecule has 1 aromatic rings. The molecule has 0 radical (unpaired) electrons. The summed E-state index contributed by atoms with van der Waals surface area (Å²) in [5.74, 6) is 2.05. The highest BCUT2D eigenvalue weighted by Crippen LogP contribution is 2.31. The molecule has 0 bridgehead atoms. The van der Waals surface area contributed by atoms with E-state index in [2.05, 4.69) is 10.1 Å². The van der Waals surface area contributed by atoms with Crippen LogP contribution >= 0.6 is 0 Å². The summed E-state index contributed by atoms with van der Waals surface area (Å²) in [6.45, 7) is 6.34. The molecule has 2 saturated heterocycles. The van der Waals surface area contributed by atoms with Gasteiger partial charge in [-0.2, -0.15) is 4.98 Å². The first kappa shape index (κ1) is 18.3. The SMILES string of the molecule is CC(C)CC(=O)N1CC(c2nc(C3CCN(S(C)(=O)=O)CC3)no2)C1. The molecule has 1 aromatic heterocycles. The number of sulfonamides is 1. The number of carbonyl (C=O) groups excluding carboxylic acids is 1. The lowest BCUT2D eigenvalue weighted by Gasteiger charge is -2.37. The van der Waals surface area contributed by atoms with Crippen molar-refractivity contribution in [3.63, 3.8) is 0 Å². The summed E-state index contributed by atoms with van der Waals surface area (Å²) < 4.78 is 30.0. The maximum Gasteiger partial charge on any atom is 0.233 e. The summed E-state index contributed by atoms with van der Waals surface area (Å²) in [5.41, 5.74) is 0. The highest BCUT2D eigenvalue weighted by Gasteiger charge is 2.36. The van der Waals surface area contributed by atoms with E-state index in [-0.39, 0.29) is 17.7 Å². The van der Waals surface area contributed by atoms with Crippen LogP contribution in [0, 0.1) is 5.92 Å². The zero-order valence-electron chi connectivity index (χ0n) is 15.0. The Hall–Kier alpha value is -1.48. The molecule has 0 aromatic carbocycles. The van der Waals surface area contributed by atoms with Crippen LogP contribution in [-0.2, 0) is 14.8 Å². The van der Waals surface area contributed by atoms with Gasteiger partial charge in [0.1, 0.15) is 0 Å². The Kier molecular flexibility index (Phi) is 5.15. The van der Waals surface area contributed by atoms with Gasteiger partial charge in [-0.1, -0.05) is 19.0 Å². The second kappa shape index (κ2) is 7.03. The average molecular weight is 370 g/mol. The highest BCUT2D eigenvalue weighted by atomic mass is 32.2. The molecular formula is C16H26N4O4S. The van der Waals surface area contributed by atoms with Crippen molar-refractivity contribution in [1.29, 1.82) is 0 Å². The molecule has 3 rings (SSSR count). The fourth-order valence-corrected chi connectivity index (χ4v) is 4.22. The molecule has 3 heterocycles. The first-order valence-electron chi connectivity index (χ1n) is 8.80. The van der Waals surface area contributed by atoms with Crippen LogP contribution in [0.3, 0.4) is 0 Å². The predicted molar refractivity (Wildman–Crippen MR) is 91.5 cm³/mol. The number of carbonyl (C=O) groups is 1. The number of rotatable bonds is 5. The summed E-state index contributed by atoms with van der Waals surface area (Å²) in [7, 11) is -3.13. The van der Waals surface area contributed by atoms with Gasteiger partial charge in [0.15, 0.2) is 5.82 Å². The number of likely N-dealkylation sites (tertiary alicyclic amines) is 1.